The minimum absolute atomic E-state index is 0.0742. The number of nitrogens with one attached hydrogen (secondary N) is 2. The summed E-state index contributed by atoms with van der Waals surface area (Å²) >= 11 is 0. The quantitative estimate of drug-likeness (QED) is 0.359. The monoisotopic (exact) mass is 464 g/mol. The third-order valence-corrected chi connectivity index (χ3v) is 4.58. The second kappa shape index (κ2) is 13.4. The Hall–Kier alpha value is -3.10. The summed E-state index contributed by atoms with van der Waals surface area (Å²) in [6.45, 7) is 9.28. The number of carbonyl (C=O) groups excluding carboxylic acids is 4. The molecule has 9 heteroatoms. The highest BCUT2D eigenvalue weighted by Gasteiger charge is 2.32. The van der Waals surface area contributed by atoms with Crippen molar-refractivity contribution >= 4 is 23.8 Å². The Morgan fingerprint density at radius 1 is 1.00 bits per heavy atom. The summed E-state index contributed by atoms with van der Waals surface area (Å²) in [5, 5.41) is 5.27. The fourth-order valence-electron chi connectivity index (χ4n) is 2.94. The molecule has 9 nitrogen and oxygen atoms in total. The van der Waals surface area contributed by atoms with Crippen LogP contribution in [0.1, 0.15) is 47.5 Å². The summed E-state index contributed by atoms with van der Waals surface area (Å²) < 4.78 is 15.5. The molecular weight excluding hydrogens is 428 g/mol. The van der Waals surface area contributed by atoms with Crippen LogP contribution in [-0.4, -0.2) is 55.7 Å². The van der Waals surface area contributed by atoms with Crippen molar-refractivity contribution in [2.75, 3.05) is 20.3 Å². The molecule has 1 aromatic carbocycles. The topological polar surface area (TPSA) is 120 Å². The molecule has 0 heterocycles. The van der Waals surface area contributed by atoms with E-state index in [0.717, 1.165) is 0 Å². The molecule has 2 amide bonds. The molecule has 0 saturated heterocycles. The minimum Gasteiger partial charge on any atom is -0.492 e. The summed E-state index contributed by atoms with van der Waals surface area (Å²) in [7, 11) is 1.17. The molecule has 0 aliphatic carbocycles. The van der Waals surface area contributed by atoms with Crippen LogP contribution >= 0.6 is 0 Å². The number of hydrogen-bond donors (Lipinski definition) is 2. The van der Waals surface area contributed by atoms with Crippen molar-refractivity contribution in [1.29, 1.82) is 0 Å². The molecule has 33 heavy (non-hydrogen) atoms. The van der Waals surface area contributed by atoms with Gasteiger partial charge in [-0.3, -0.25) is 14.4 Å². The van der Waals surface area contributed by atoms with Gasteiger partial charge in [-0.1, -0.05) is 32.0 Å². The first kappa shape index (κ1) is 27.9. The number of para-hydroxylation sites is 1. The maximum absolute atomic E-state index is 12.9. The molecule has 0 unspecified atom stereocenters. The zero-order valence-corrected chi connectivity index (χ0v) is 20.3. The molecule has 0 aliphatic rings. The van der Waals surface area contributed by atoms with E-state index >= 15 is 0 Å². The molecule has 0 saturated carbocycles. The standard InChI is InChI=1S/C24H36N2O7/c1-16(2)18(14-20(27)25-12-13-32-17-10-8-7-9-11-17)22(29)26-19(23(30)31-6)15-21(28)33-24(3,4)5/h7-11,16,18-19H,12-15H2,1-6H3,(H,25,27)(H,26,29)/t18-,19-/m0/s1. The first-order valence-corrected chi connectivity index (χ1v) is 11.0. The van der Waals surface area contributed by atoms with Crippen LogP contribution in [0.25, 0.3) is 0 Å². The van der Waals surface area contributed by atoms with Gasteiger partial charge >= 0.3 is 11.9 Å². The third-order valence-electron chi connectivity index (χ3n) is 4.58. The van der Waals surface area contributed by atoms with Gasteiger partial charge in [0.15, 0.2) is 0 Å². The van der Waals surface area contributed by atoms with Crippen LogP contribution in [0.3, 0.4) is 0 Å². The molecule has 184 valence electrons. The molecule has 0 spiro atoms. The predicted molar refractivity (Wildman–Crippen MR) is 122 cm³/mol. The normalized spacial score (nSPS) is 12.9. The van der Waals surface area contributed by atoms with Crippen LogP contribution in [0.2, 0.25) is 0 Å². The van der Waals surface area contributed by atoms with Gasteiger partial charge in [0.25, 0.3) is 0 Å². The highest BCUT2D eigenvalue weighted by atomic mass is 16.6. The van der Waals surface area contributed by atoms with Gasteiger partial charge < -0.3 is 24.8 Å². The van der Waals surface area contributed by atoms with Crippen LogP contribution in [0, 0.1) is 11.8 Å². The smallest absolute Gasteiger partial charge is 0.328 e. The van der Waals surface area contributed by atoms with Crippen LogP contribution in [0.4, 0.5) is 0 Å². The molecule has 0 fully saturated rings. The zero-order valence-electron chi connectivity index (χ0n) is 20.3. The van der Waals surface area contributed by atoms with E-state index in [1.165, 1.54) is 7.11 Å². The van der Waals surface area contributed by atoms with Gasteiger partial charge in [-0.05, 0) is 38.8 Å². The van der Waals surface area contributed by atoms with E-state index in [1.54, 1.807) is 34.6 Å². The predicted octanol–water partition coefficient (Wildman–Crippen LogP) is 2.23. The van der Waals surface area contributed by atoms with Crippen LogP contribution in [-0.2, 0) is 28.7 Å². The van der Waals surface area contributed by atoms with Gasteiger partial charge in [0, 0.05) is 12.3 Å². The van der Waals surface area contributed by atoms with E-state index in [1.807, 2.05) is 30.3 Å². The van der Waals surface area contributed by atoms with Gasteiger partial charge in [0.1, 0.15) is 24.0 Å². The van der Waals surface area contributed by atoms with Crippen molar-refractivity contribution in [3.63, 3.8) is 0 Å². The van der Waals surface area contributed by atoms with Crippen molar-refractivity contribution in [3.8, 4) is 5.75 Å². The molecular formula is C24H36N2O7. The Balaban J connectivity index is 2.63. The van der Waals surface area contributed by atoms with Gasteiger partial charge in [0.05, 0.1) is 20.1 Å². The number of amides is 2. The average molecular weight is 465 g/mol. The highest BCUT2D eigenvalue weighted by Crippen LogP contribution is 2.17. The number of rotatable bonds is 12. The fraction of sp³-hybridized carbons (Fsp3) is 0.583. The number of benzene rings is 1. The molecule has 1 rings (SSSR count). The molecule has 2 atom stereocenters. The number of esters is 2. The van der Waals surface area contributed by atoms with Crippen LogP contribution in [0.5, 0.6) is 5.75 Å². The lowest BCUT2D eigenvalue weighted by Crippen LogP contribution is -2.47. The Kier molecular flexibility index (Phi) is 11.4. The van der Waals surface area contributed by atoms with Gasteiger partial charge in [-0.15, -0.1) is 0 Å². The molecule has 1 aromatic rings. The molecule has 0 aromatic heterocycles. The Bertz CT molecular complexity index is 788. The second-order valence-electron chi connectivity index (χ2n) is 8.94. The van der Waals surface area contributed by atoms with Crippen molar-refractivity contribution in [2.24, 2.45) is 11.8 Å². The van der Waals surface area contributed by atoms with E-state index in [4.69, 9.17) is 14.2 Å². The summed E-state index contributed by atoms with van der Waals surface area (Å²) in [5.41, 5.74) is -0.732. The van der Waals surface area contributed by atoms with Crippen molar-refractivity contribution in [3.05, 3.63) is 30.3 Å². The Morgan fingerprint density at radius 3 is 2.18 bits per heavy atom. The van der Waals surface area contributed by atoms with E-state index < -0.39 is 35.4 Å². The molecule has 0 bridgehead atoms. The van der Waals surface area contributed by atoms with Crippen LogP contribution < -0.4 is 15.4 Å². The van der Waals surface area contributed by atoms with E-state index in [2.05, 4.69) is 10.6 Å². The maximum atomic E-state index is 12.9. The van der Waals surface area contributed by atoms with Crippen molar-refractivity contribution in [2.45, 2.75) is 59.1 Å². The van der Waals surface area contributed by atoms with Gasteiger partial charge in [-0.25, -0.2) is 4.79 Å². The summed E-state index contributed by atoms with van der Waals surface area (Å²) in [4.78, 5) is 49.5. The summed E-state index contributed by atoms with van der Waals surface area (Å²) in [6, 6.07) is 8.01. The lowest BCUT2D eigenvalue weighted by molar-refractivity contribution is -0.159. The minimum atomic E-state index is -1.21. The first-order chi connectivity index (χ1) is 15.4. The summed E-state index contributed by atoms with van der Waals surface area (Å²) in [5.74, 6) is -2.43. The molecule has 0 radical (unpaired) electrons. The number of ether oxygens (including phenoxy) is 3. The largest absolute Gasteiger partial charge is 0.492 e. The van der Waals surface area contributed by atoms with Crippen molar-refractivity contribution in [1.82, 2.24) is 10.6 Å². The number of carbonyl (C=O) groups is 4. The Labute approximate surface area is 195 Å². The Morgan fingerprint density at radius 2 is 1.64 bits per heavy atom. The second-order valence-corrected chi connectivity index (χ2v) is 8.94. The lowest BCUT2D eigenvalue weighted by Gasteiger charge is -2.24. The highest BCUT2D eigenvalue weighted by molar-refractivity contribution is 5.91. The molecule has 0 aliphatic heterocycles. The van der Waals surface area contributed by atoms with E-state index in [0.29, 0.717) is 5.75 Å². The fourth-order valence-corrected chi connectivity index (χ4v) is 2.94. The number of hydrogen-bond acceptors (Lipinski definition) is 7. The van der Waals surface area contributed by atoms with Crippen LogP contribution in [0.15, 0.2) is 30.3 Å². The van der Waals surface area contributed by atoms with Crippen molar-refractivity contribution < 1.29 is 33.4 Å². The maximum Gasteiger partial charge on any atom is 0.328 e. The summed E-state index contributed by atoms with van der Waals surface area (Å²) in [6.07, 6.45) is -0.446. The molecule has 2 N–H and O–H groups in total. The van der Waals surface area contributed by atoms with Gasteiger partial charge in [-0.2, -0.15) is 0 Å². The first-order valence-electron chi connectivity index (χ1n) is 11.0. The number of methoxy groups -OCH3 is 1. The SMILES string of the molecule is COC(=O)[C@H](CC(=O)OC(C)(C)C)NC(=O)[C@@H](CC(=O)NCCOc1ccccc1)C(C)C. The van der Waals surface area contributed by atoms with E-state index in [9.17, 15) is 19.2 Å². The third kappa shape index (κ3) is 11.4. The van der Waals surface area contributed by atoms with Gasteiger partial charge in [0.2, 0.25) is 11.8 Å². The average Bonchev–Trinajstić information content (AvgIpc) is 2.73. The zero-order chi connectivity index (χ0) is 25.0. The lowest BCUT2D eigenvalue weighted by atomic mass is 9.91. The van der Waals surface area contributed by atoms with E-state index in [-0.39, 0.29) is 37.8 Å².